The van der Waals surface area contributed by atoms with Gasteiger partial charge in [-0.3, -0.25) is 4.68 Å². The molecular weight excluding hydrogens is 162 g/mol. The zero-order chi connectivity index (χ0) is 7.68. The fraction of sp³-hybridized carbons (Fsp3) is 0.714. The summed E-state index contributed by atoms with van der Waals surface area (Å²) in [5.74, 6) is 1.31. The van der Waals surface area contributed by atoms with Crippen molar-refractivity contribution in [2.45, 2.75) is 25.3 Å². The molecule has 1 saturated carbocycles. The first-order chi connectivity index (χ1) is 5.38. The van der Waals surface area contributed by atoms with Gasteiger partial charge in [0.25, 0.3) is 0 Å². The van der Waals surface area contributed by atoms with Crippen molar-refractivity contribution in [3.05, 3.63) is 11.9 Å². The summed E-state index contributed by atoms with van der Waals surface area (Å²) in [6.07, 6.45) is 4.61. The number of halogens is 1. The fourth-order valence-electron chi connectivity index (χ4n) is 1.05. The Balaban J connectivity index is 1.99. The van der Waals surface area contributed by atoms with E-state index in [1.165, 1.54) is 12.8 Å². The van der Waals surface area contributed by atoms with Crippen LogP contribution >= 0.6 is 11.6 Å². The molecule has 0 unspecified atom stereocenters. The van der Waals surface area contributed by atoms with Gasteiger partial charge >= 0.3 is 0 Å². The van der Waals surface area contributed by atoms with E-state index in [9.17, 15) is 0 Å². The highest BCUT2D eigenvalue weighted by Crippen LogP contribution is 2.30. The van der Waals surface area contributed by atoms with E-state index in [0.717, 1.165) is 18.2 Å². The Morgan fingerprint density at radius 1 is 1.64 bits per heavy atom. The maximum absolute atomic E-state index is 5.58. The maximum atomic E-state index is 5.58. The average molecular weight is 172 g/mol. The van der Waals surface area contributed by atoms with Crippen molar-refractivity contribution in [3.8, 4) is 0 Å². The fourth-order valence-corrected chi connectivity index (χ4v) is 1.18. The zero-order valence-corrected chi connectivity index (χ0v) is 6.96. The van der Waals surface area contributed by atoms with Gasteiger partial charge in [-0.1, -0.05) is 5.21 Å². The Morgan fingerprint density at radius 3 is 3.00 bits per heavy atom. The van der Waals surface area contributed by atoms with Crippen LogP contribution in [0.4, 0.5) is 0 Å². The minimum absolute atomic E-state index is 0.463. The lowest BCUT2D eigenvalue weighted by molar-refractivity contribution is 0.544. The summed E-state index contributed by atoms with van der Waals surface area (Å²) in [5.41, 5.74) is 0.868. The third-order valence-electron chi connectivity index (χ3n) is 1.87. The SMILES string of the molecule is ClCc1cn(CC2CC2)nn1. The summed E-state index contributed by atoms with van der Waals surface area (Å²) in [5, 5.41) is 7.85. The normalized spacial score (nSPS) is 17.2. The first kappa shape index (κ1) is 7.10. The van der Waals surface area contributed by atoms with Crippen molar-refractivity contribution < 1.29 is 0 Å². The minimum Gasteiger partial charge on any atom is -0.252 e. The molecule has 1 aliphatic carbocycles. The molecule has 1 aromatic heterocycles. The molecule has 1 heterocycles. The van der Waals surface area contributed by atoms with Crippen LogP contribution in [0.3, 0.4) is 0 Å². The molecule has 3 nitrogen and oxygen atoms in total. The first-order valence-electron chi connectivity index (χ1n) is 3.83. The smallest absolute Gasteiger partial charge is 0.0974 e. The number of alkyl halides is 1. The molecule has 0 N–H and O–H groups in total. The van der Waals surface area contributed by atoms with Gasteiger partial charge in [-0.2, -0.15) is 0 Å². The van der Waals surface area contributed by atoms with Crippen LogP contribution in [0, 0.1) is 5.92 Å². The Hall–Kier alpha value is -0.570. The van der Waals surface area contributed by atoms with Crippen LogP contribution in [0.1, 0.15) is 18.5 Å². The molecule has 1 aliphatic rings. The molecule has 0 aliphatic heterocycles. The van der Waals surface area contributed by atoms with Gasteiger partial charge in [0.05, 0.1) is 11.6 Å². The quantitative estimate of drug-likeness (QED) is 0.645. The maximum Gasteiger partial charge on any atom is 0.0974 e. The van der Waals surface area contributed by atoms with Crippen molar-refractivity contribution >= 4 is 11.6 Å². The minimum atomic E-state index is 0.463. The van der Waals surface area contributed by atoms with Gasteiger partial charge in [-0.05, 0) is 18.8 Å². The van der Waals surface area contributed by atoms with Crippen molar-refractivity contribution in [2.24, 2.45) is 5.92 Å². The van der Waals surface area contributed by atoms with E-state index < -0.39 is 0 Å². The molecular formula is C7H10ClN3. The van der Waals surface area contributed by atoms with E-state index in [-0.39, 0.29) is 0 Å². The van der Waals surface area contributed by atoms with E-state index >= 15 is 0 Å². The zero-order valence-electron chi connectivity index (χ0n) is 6.20. The lowest BCUT2D eigenvalue weighted by atomic mass is 10.4. The predicted octanol–water partition coefficient (Wildman–Crippen LogP) is 1.43. The molecule has 0 amide bonds. The van der Waals surface area contributed by atoms with E-state index in [2.05, 4.69) is 10.3 Å². The number of hydrogen-bond acceptors (Lipinski definition) is 2. The van der Waals surface area contributed by atoms with Crippen molar-refractivity contribution in [2.75, 3.05) is 0 Å². The highest BCUT2D eigenvalue weighted by molar-refractivity contribution is 6.16. The van der Waals surface area contributed by atoms with Crippen LogP contribution in [0.2, 0.25) is 0 Å². The Morgan fingerprint density at radius 2 is 2.45 bits per heavy atom. The first-order valence-corrected chi connectivity index (χ1v) is 4.37. The van der Waals surface area contributed by atoms with Gasteiger partial charge in [-0.15, -0.1) is 16.7 Å². The summed E-state index contributed by atoms with van der Waals surface area (Å²) in [7, 11) is 0. The van der Waals surface area contributed by atoms with Crippen LogP contribution in [-0.4, -0.2) is 15.0 Å². The topological polar surface area (TPSA) is 30.7 Å². The number of rotatable bonds is 3. The van der Waals surface area contributed by atoms with Crippen LogP contribution in [-0.2, 0) is 12.4 Å². The van der Waals surface area contributed by atoms with Crippen molar-refractivity contribution in [3.63, 3.8) is 0 Å². The van der Waals surface area contributed by atoms with Crippen molar-refractivity contribution in [1.29, 1.82) is 0 Å². The number of aromatic nitrogens is 3. The Bertz CT molecular complexity index is 242. The van der Waals surface area contributed by atoms with Gasteiger partial charge in [-0.25, -0.2) is 0 Å². The van der Waals surface area contributed by atoms with Gasteiger partial charge in [0.2, 0.25) is 0 Å². The van der Waals surface area contributed by atoms with E-state index in [1.807, 2.05) is 10.9 Å². The summed E-state index contributed by atoms with van der Waals surface area (Å²) in [6, 6.07) is 0. The molecule has 0 saturated heterocycles. The monoisotopic (exact) mass is 171 g/mol. The molecule has 1 aromatic rings. The van der Waals surface area contributed by atoms with Gasteiger partial charge in [0, 0.05) is 12.7 Å². The third-order valence-corrected chi connectivity index (χ3v) is 2.14. The molecule has 1 fully saturated rings. The molecule has 0 bridgehead atoms. The number of nitrogens with zero attached hydrogens (tertiary/aromatic N) is 3. The van der Waals surface area contributed by atoms with Crippen LogP contribution in [0.25, 0.3) is 0 Å². The lowest BCUT2D eigenvalue weighted by Gasteiger charge is -1.93. The summed E-state index contributed by atoms with van der Waals surface area (Å²) < 4.78 is 1.88. The second-order valence-electron chi connectivity index (χ2n) is 3.01. The van der Waals surface area contributed by atoms with Gasteiger partial charge in [0.1, 0.15) is 0 Å². The standard InChI is InChI=1S/C7H10ClN3/c8-3-7-5-11(10-9-7)4-6-1-2-6/h5-6H,1-4H2. The highest BCUT2D eigenvalue weighted by atomic mass is 35.5. The summed E-state index contributed by atoms with van der Waals surface area (Å²) >= 11 is 5.58. The Kier molecular flexibility index (Phi) is 1.82. The van der Waals surface area contributed by atoms with Crippen molar-refractivity contribution in [1.82, 2.24) is 15.0 Å². The second-order valence-corrected chi connectivity index (χ2v) is 3.28. The predicted molar refractivity (Wildman–Crippen MR) is 42.3 cm³/mol. The lowest BCUT2D eigenvalue weighted by Crippen LogP contribution is -1.99. The summed E-state index contributed by atoms with van der Waals surface area (Å²) in [6.45, 7) is 1.02. The molecule has 60 valence electrons. The van der Waals surface area contributed by atoms with Gasteiger partial charge in [0.15, 0.2) is 0 Å². The average Bonchev–Trinajstić information content (AvgIpc) is 2.68. The highest BCUT2D eigenvalue weighted by Gasteiger charge is 2.22. The molecule has 11 heavy (non-hydrogen) atoms. The Labute approximate surface area is 70.3 Å². The van der Waals surface area contributed by atoms with Gasteiger partial charge < -0.3 is 0 Å². The van der Waals surface area contributed by atoms with Crippen LogP contribution in [0.15, 0.2) is 6.20 Å². The second kappa shape index (κ2) is 2.81. The molecule has 0 spiro atoms. The van der Waals surface area contributed by atoms with Crippen LogP contribution < -0.4 is 0 Å². The summed E-state index contributed by atoms with van der Waals surface area (Å²) in [4.78, 5) is 0. The van der Waals surface area contributed by atoms with Crippen LogP contribution in [0.5, 0.6) is 0 Å². The third kappa shape index (κ3) is 1.71. The number of hydrogen-bond donors (Lipinski definition) is 0. The molecule has 2 rings (SSSR count). The molecule has 0 aromatic carbocycles. The molecule has 0 atom stereocenters. The largest absolute Gasteiger partial charge is 0.252 e. The van der Waals surface area contributed by atoms with E-state index in [0.29, 0.717) is 5.88 Å². The molecule has 0 radical (unpaired) electrons. The van der Waals surface area contributed by atoms with E-state index in [1.54, 1.807) is 0 Å². The molecule has 4 heteroatoms. The van der Waals surface area contributed by atoms with E-state index in [4.69, 9.17) is 11.6 Å².